The maximum atomic E-state index is 12.0. The highest BCUT2D eigenvalue weighted by Crippen LogP contribution is 2.41. The second kappa shape index (κ2) is 3.82. The van der Waals surface area contributed by atoms with E-state index in [2.05, 4.69) is 4.98 Å². The smallest absolute Gasteiger partial charge is 0.258 e. The van der Waals surface area contributed by atoms with Crippen LogP contribution in [0.3, 0.4) is 0 Å². The number of aromatic nitrogens is 1. The van der Waals surface area contributed by atoms with Gasteiger partial charge in [0.25, 0.3) is 5.56 Å². The molecule has 0 unspecified atom stereocenters. The molecule has 5 heteroatoms. The number of pyridine rings is 1. The minimum absolute atomic E-state index is 0.0884. The second-order valence-corrected chi connectivity index (χ2v) is 5.34. The van der Waals surface area contributed by atoms with Gasteiger partial charge in [-0.2, -0.15) is 0 Å². The van der Waals surface area contributed by atoms with Crippen LogP contribution >= 0.6 is 0 Å². The molecule has 0 radical (unpaired) electrons. The Morgan fingerprint density at radius 1 is 1.26 bits per heavy atom. The Hall–Kier alpha value is -1.85. The van der Waals surface area contributed by atoms with Crippen molar-refractivity contribution < 1.29 is 14.9 Å². The normalized spacial score (nSPS) is 24.8. The zero-order valence-electron chi connectivity index (χ0n) is 10.7. The van der Waals surface area contributed by atoms with E-state index in [1.165, 1.54) is 0 Å². The lowest BCUT2D eigenvalue weighted by molar-refractivity contribution is -0.111. The van der Waals surface area contributed by atoms with E-state index in [-0.39, 0.29) is 5.56 Å². The van der Waals surface area contributed by atoms with Gasteiger partial charge in [0.2, 0.25) is 0 Å². The van der Waals surface area contributed by atoms with Gasteiger partial charge in [0.05, 0.1) is 11.1 Å². The number of hydrogen-bond acceptors (Lipinski definition) is 4. The van der Waals surface area contributed by atoms with Crippen molar-refractivity contribution >= 4 is 10.9 Å². The van der Waals surface area contributed by atoms with Crippen LogP contribution in [0.15, 0.2) is 29.1 Å². The van der Waals surface area contributed by atoms with E-state index < -0.39 is 23.4 Å². The highest BCUT2D eigenvalue weighted by molar-refractivity contribution is 5.86. The van der Waals surface area contributed by atoms with Gasteiger partial charge in [0, 0.05) is 5.39 Å². The number of hydrogen-bond donors (Lipinski definition) is 3. The van der Waals surface area contributed by atoms with Gasteiger partial charge >= 0.3 is 0 Å². The van der Waals surface area contributed by atoms with Crippen LogP contribution in [0.25, 0.3) is 10.9 Å². The van der Waals surface area contributed by atoms with Crippen LogP contribution < -0.4 is 10.3 Å². The molecule has 1 aliphatic rings. The third-order valence-corrected chi connectivity index (χ3v) is 3.58. The molecule has 100 valence electrons. The van der Waals surface area contributed by atoms with E-state index >= 15 is 0 Å². The maximum Gasteiger partial charge on any atom is 0.258 e. The fourth-order valence-corrected chi connectivity index (χ4v) is 2.47. The molecule has 0 saturated carbocycles. The first-order valence-corrected chi connectivity index (χ1v) is 6.12. The number of aromatic amines is 1. The van der Waals surface area contributed by atoms with Crippen LogP contribution in [0.4, 0.5) is 0 Å². The Kier molecular flexibility index (Phi) is 2.45. The number of fused-ring (bicyclic) bond motifs is 3. The Balaban J connectivity index is 2.39. The molecule has 3 rings (SSSR count). The molecule has 0 saturated heterocycles. The highest BCUT2D eigenvalue weighted by atomic mass is 16.5. The molecule has 1 aliphatic heterocycles. The second-order valence-electron chi connectivity index (χ2n) is 5.34. The minimum atomic E-state index is -1.26. The molecule has 0 spiro atoms. The number of H-pyrrole nitrogens is 1. The van der Waals surface area contributed by atoms with Gasteiger partial charge in [-0.15, -0.1) is 0 Å². The fraction of sp³-hybridized carbons (Fsp3) is 0.357. The van der Waals surface area contributed by atoms with Gasteiger partial charge in [-0.05, 0) is 26.0 Å². The Morgan fingerprint density at radius 3 is 2.68 bits per heavy atom. The maximum absolute atomic E-state index is 12.0. The van der Waals surface area contributed by atoms with Crippen LogP contribution in [0.1, 0.15) is 25.5 Å². The summed E-state index contributed by atoms with van der Waals surface area (Å²) in [6.07, 6.45) is -2.41. The molecule has 1 aromatic heterocycles. The zero-order valence-corrected chi connectivity index (χ0v) is 10.7. The fourth-order valence-electron chi connectivity index (χ4n) is 2.47. The molecule has 3 N–H and O–H groups in total. The minimum Gasteiger partial charge on any atom is -0.484 e. The van der Waals surface area contributed by atoms with Crippen molar-refractivity contribution in [2.75, 3.05) is 0 Å². The zero-order chi connectivity index (χ0) is 13.8. The predicted molar refractivity (Wildman–Crippen MR) is 70.2 cm³/mol. The highest BCUT2D eigenvalue weighted by Gasteiger charge is 2.44. The van der Waals surface area contributed by atoms with Crippen molar-refractivity contribution in [1.29, 1.82) is 0 Å². The van der Waals surface area contributed by atoms with Crippen molar-refractivity contribution in [2.24, 2.45) is 0 Å². The summed E-state index contributed by atoms with van der Waals surface area (Å²) in [6, 6.07) is 7.22. The molecular formula is C14H15NO4. The molecule has 0 fully saturated rings. The Morgan fingerprint density at radius 2 is 1.95 bits per heavy atom. The van der Waals surface area contributed by atoms with E-state index in [1.54, 1.807) is 19.9 Å². The SMILES string of the molecule is CC1(C)Oc2c(c(=O)[nH]c3ccccc23)[C@H](O)[C@H]1O. The summed E-state index contributed by atoms with van der Waals surface area (Å²) < 4.78 is 5.77. The van der Waals surface area contributed by atoms with Crippen molar-refractivity contribution in [1.82, 2.24) is 4.98 Å². The van der Waals surface area contributed by atoms with Crippen LogP contribution in [0, 0.1) is 0 Å². The van der Waals surface area contributed by atoms with Crippen molar-refractivity contribution in [3.63, 3.8) is 0 Å². The summed E-state index contributed by atoms with van der Waals surface area (Å²) >= 11 is 0. The molecule has 1 aromatic carbocycles. The topological polar surface area (TPSA) is 82.6 Å². The molecule has 0 amide bonds. The van der Waals surface area contributed by atoms with Crippen LogP contribution in [-0.4, -0.2) is 26.9 Å². The summed E-state index contributed by atoms with van der Waals surface area (Å²) in [5.41, 5.74) is -0.657. The summed E-state index contributed by atoms with van der Waals surface area (Å²) in [6.45, 7) is 3.36. The summed E-state index contributed by atoms with van der Waals surface area (Å²) in [4.78, 5) is 14.7. The number of rotatable bonds is 0. The first-order valence-electron chi connectivity index (χ1n) is 6.12. The van der Waals surface area contributed by atoms with Gasteiger partial charge < -0.3 is 19.9 Å². The average molecular weight is 261 g/mol. The average Bonchev–Trinajstić information content (AvgIpc) is 2.35. The van der Waals surface area contributed by atoms with E-state index in [0.717, 1.165) is 5.39 Å². The first-order chi connectivity index (χ1) is 8.92. The van der Waals surface area contributed by atoms with E-state index in [4.69, 9.17) is 4.74 Å². The largest absolute Gasteiger partial charge is 0.484 e. The summed E-state index contributed by atoms with van der Waals surface area (Å²) in [5.74, 6) is 0.349. The van der Waals surface area contributed by atoms with Crippen molar-refractivity contribution in [3.05, 3.63) is 40.2 Å². The molecule has 5 nitrogen and oxygen atoms in total. The quantitative estimate of drug-likeness (QED) is 0.663. The third kappa shape index (κ3) is 1.66. The molecule has 2 atom stereocenters. The van der Waals surface area contributed by atoms with Crippen LogP contribution in [-0.2, 0) is 0 Å². The molecule has 0 bridgehead atoms. The number of aliphatic hydroxyl groups is 2. The number of aliphatic hydroxyl groups excluding tert-OH is 2. The lowest BCUT2D eigenvalue weighted by Crippen LogP contribution is -2.50. The number of ether oxygens (including phenoxy) is 1. The first kappa shape index (κ1) is 12.2. The number of benzene rings is 1. The van der Waals surface area contributed by atoms with Crippen LogP contribution in [0.2, 0.25) is 0 Å². The van der Waals surface area contributed by atoms with Crippen molar-refractivity contribution in [3.8, 4) is 5.75 Å². The Labute approximate surface area is 109 Å². The number of nitrogens with one attached hydrogen (secondary N) is 1. The van der Waals surface area contributed by atoms with E-state index in [9.17, 15) is 15.0 Å². The van der Waals surface area contributed by atoms with E-state index in [0.29, 0.717) is 11.3 Å². The van der Waals surface area contributed by atoms with Gasteiger partial charge in [0.15, 0.2) is 0 Å². The molecule has 2 heterocycles. The Bertz CT molecular complexity index is 704. The predicted octanol–water partition coefficient (Wildman–Crippen LogP) is 1.09. The lowest BCUT2D eigenvalue weighted by atomic mass is 9.88. The lowest BCUT2D eigenvalue weighted by Gasteiger charge is -2.39. The summed E-state index contributed by atoms with van der Waals surface area (Å²) in [5, 5.41) is 20.9. The summed E-state index contributed by atoms with van der Waals surface area (Å²) in [7, 11) is 0. The molecule has 2 aromatic rings. The molecule has 0 aliphatic carbocycles. The third-order valence-electron chi connectivity index (χ3n) is 3.58. The monoisotopic (exact) mass is 261 g/mol. The molecule has 19 heavy (non-hydrogen) atoms. The van der Waals surface area contributed by atoms with Gasteiger partial charge in [-0.1, -0.05) is 12.1 Å². The van der Waals surface area contributed by atoms with Crippen molar-refractivity contribution in [2.45, 2.75) is 31.7 Å². The van der Waals surface area contributed by atoms with Gasteiger partial charge in [0.1, 0.15) is 23.6 Å². The van der Waals surface area contributed by atoms with Gasteiger partial charge in [-0.25, -0.2) is 0 Å². The molecular weight excluding hydrogens is 246 g/mol. The van der Waals surface area contributed by atoms with Gasteiger partial charge in [-0.3, -0.25) is 4.79 Å². The standard InChI is InChI=1S/C14H15NO4/c1-14(2)12(17)10(16)9-11(19-14)7-5-3-4-6-8(7)15-13(9)18/h3-6,10,12,16-17H,1-2H3,(H,15,18)/t10-,12+/m0/s1. The van der Waals surface area contributed by atoms with E-state index in [1.807, 2.05) is 18.2 Å². The van der Waals surface area contributed by atoms with Crippen LogP contribution in [0.5, 0.6) is 5.75 Å². The number of para-hydroxylation sites is 1.